The van der Waals surface area contributed by atoms with Crippen LogP contribution in [-0.4, -0.2) is 54.7 Å². The van der Waals surface area contributed by atoms with Crippen molar-refractivity contribution in [2.75, 3.05) is 18.4 Å². The fraction of sp³-hybridized carbons (Fsp3) is 0.417. The number of rotatable bonds is 4. The number of nitrogens with two attached hydrogens (primary N) is 1. The lowest BCUT2D eigenvalue weighted by Crippen LogP contribution is -2.39. The lowest BCUT2D eigenvalue weighted by atomic mass is 10.1. The maximum absolute atomic E-state index is 12.7. The van der Waals surface area contributed by atoms with Crippen molar-refractivity contribution in [2.45, 2.75) is 52.4 Å². The van der Waals surface area contributed by atoms with Crippen LogP contribution >= 0.6 is 11.5 Å². The molecule has 184 valence electrons. The summed E-state index contributed by atoms with van der Waals surface area (Å²) < 4.78 is 17.4. The molecule has 10 nitrogen and oxygen atoms in total. The minimum absolute atomic E-state index is 0.326. The largest absolute Gasteiger partial charge is 0.482 e. The molecule has 0 aromatic carbocycles. The third kappa shape index (κ3) is 5.01. The third-order valence-corrected chi connectivity index (χ3v) is 6.42. The molecule has 0 fully saturated rings. The molecule has 0 spiro atoms. The Bertz CT molecular complexity index is 1330. The van der Waals surface area contributed by atoms with E-state index in [2.05, 4.69) is 20.8 Å². The maximum atomic E-state index is 12.7. The Morgan fingerprint density at radius 3 is 2.86 bits per heavy atom. The van der Waals surface area contributed by atoms with Gasteiger partial charge in [-0.2, -0.15) is 4.37 Å². The van der Waals surface area contributed by atoms with Gasteiger partial charge in [0, 0.05) is 24.7 Å². The fourth-order valence-electron chi connectivity index (χ4n) is 4.06. The molecule has 0 radical (unpaired) electrons. The summed E-state index contributed by atoms with van der Waals surface area (Å²) in [6.07, 6.45) is 8.20. The molecule has 1 amide bonds. The summed E-state index contributed by atoms with van der Waals surface area (Å²) in [6.45, 7) is 8.57. The highest BCUT2D eigenvalue weighted by Gasteiger charge is 2.27. The van der Waals surface area contributed by atoms with Crippen LogP contribution in [0.15, 0.2) is 30.8 Å². The Morgan fingerprint density at radius 1 is 1.34 bits per heavy atom. The quantitative estimate of drug-likeness (QED) is 0.549. The van der Waals surface area contributed by atoms with Gasteiger partial charge in [-0.1, -0.05) is 6.08 Å². The second-order valence-electron chi connectivity index (χ2n) is 9.71. The predicted molar refractivity (Wildman–Crippen MR) is 135 cm³/mol. The number of fused-ring (bicyclic) bond motifs is 1. The molecular formula is C24H29N7O3S. The van der Waals surface area contributed by atoms with Gasteiger partial charge in [-0.25, -0.2) is 14.8 Å². The Morgan fingerprint density at radius 2 is 2.17 bits per heavy atom. The summed E-state index contributed by atoms with van der Waals surface area (Å²) in [5.74, 6) is 0.608. The van der Waals surface area contributed by atoms with Gasteiger partial charge in [0.05, 0.1) is 36.1 Å². The van der Waals surface area contributed by atoms with Crippen molar-refractivity contribution in [3.63, 3.8) is 0 Å². The predicted octanol–water partition coefficient (Wildman–Crippen LogP) is 4.31. The number of ether oxygens (including phenoxy) is 2. The fourth-order valence-corrected chi connectivity index (χ4v) is 4.72. The Hall–Kier alpha value is -3.44. The number of imidazole rings is 1. The third-order valence-electron chi connectivity index (χ3n) is 5.63. The van der Waals surface area contributed by atoms with Crippen molar-refractivity contribution in [1.29, 1.82) is 0 Å². The van der Waals surface area contributed by atoms with Crippen LogP contribution in [0.4, 0.5) is 15.6 Å². The Balaban J connectivity index is 1.53. The number of nitrogens with zero attached hydrogens (tertiary/aromatic N) is 5. The smallest absolute Gasteiger partial charge is 0.410 e. The number of aryl methyl sites for hydroxylation is 1. The minimum Gasteiger partial charge on any atom is -0.482 e. The average molecular weight is 496 g/mol. The number of hydrogen-bond acceptors (Lipinski definition) is 9. The number of nitrogens with one attached hydrogen (secondary N) is 1. The van der Waals surface area contributed by atoms with Crippen molar-refractivity contribution in [3.05, 3.63) is 47.9 Å². The molecule has 3 N–H and O–H groups in total. The summed E-state index contributed by atoms with van der Waals surface area (Å²) >= 11 is 1.37. The highest BCUT2D eigenvalue weighted by Crippen LogP contribution is 2.31. The highest BCUT2D eigenvalue weighted by atomic mass is 32.1. The van der Waals surface area contributed by atoms with Crippen molar-refractivity contribution < 1.29 is 14.3 Å². The molecule has 0 bridgehead atoms. The summed E-state index contributed by atoms with van der Waals surface area (Å²) in [6, 6.07) is 1.97. The lowest BCUT2D eigenvalue weighted by Gasteiger charge is -2.30. The van der Waals surface area contributed by atoms with Crippen LogP contribution < -0.4 is 11.1 Å². The number of anilines is 2. The van der Waals surface area contributed by atoms with E-state index in [0.717, 1.165) is 39.6 Å². The molecular weight excluding hydrogens is 466 g/mol. The van der Waals surface area contributed by atoms with Crippen LogP contribution in [-0.2, 0) is 9.47 Å². The molecule has 5 heterocycles. The van der Waals surface area contributed by atoms with E-state index in [0.29, 0.717) is 31.0 Å². The molecule has 0 saturated heterocycles. The standard InChI is InChI=1S/C24H29N7O3S/c1-14-8-20(35-29-14)28-21-22-26-10-18(16-9-19(25)33-13-16)31(22)12-17(27-21)15-6-5-7-30(11-15)23(32)34-24(2,3)4/h6,8,10,12-13,19H,5,7,9,11,25H2,1-4H3,(H,27,28). The molecule has 5 rings (SSSR count). The number of hydrogen-bond donors (Lipinski definition) is 2. The monoisotopic (exact) mass is 495 g/mol. The van der Waals surface area contributed by atoms with E-state index in [9.17, 15) is 4.79 Å². The van der Waals surface area contributed by atoms with Crippen molar-refractivity contribution >= 4 is 45.2 Å². The lowest BCUT2D eigenvalue weighted by molar-refractivity contribution is 0.0273. The van der Waals surface area contributed by atoms with E-state index >= 15 is 0 Å². The van der Waals surface area contributed by atoms with Gasteiger partial charge in [0.2, 0.25) is 0 Å². The van der Waals surface area contributed by atoms with Crippen LogP contribution in [0.1, 0.15) is 50.7 Å². The van der Waals surface area contributed by atoms with Gasteiger partial charge in [0.1, 0.15) is 10.6 Å². The topological polar surface area (TPSA) is 120 Å². The van der Waals surface area contributed by atoms with E-state index in [1.807, 2.05) is 44.4 Å². The first kappa shape index (κ1) is 23.3. The zero-order valence-corrected chi connectivity index (χ0v) is 21.1. The van der Waals surface area contributed by atoms with Crippen LogP contribution in [0, 0.1) is 6.92 Å². The first-order valence-corrected chi connectivity index (χ1v) is 12.3. The van der Waals surface area contributed by atoms with Crippen LogP contribution in [0.5, 0.6) is 0 Å². The zero-order valence-electron chi connectivity index (χ0n) is 20.2. The molecule has 3 aromatic heterocycles. The molecule has 35 heavy (non-hydrogen) atoms. The van der Waals surface area contributed by atoms with E-state index in [1.165, 1.54) is 11.5 Å². The summed E-state index contributed by atoms with van der Waals surface area (Å²) in [5, 5.41) is 4.25. The van der Waals surface area contributed by atoms with E-state index in [4.69, 9.17) is 20.2 Å². The van der Waals surface area contributed by atoms with Gasteiger partial charge in [-0.15, -0.1) is 0 Å². The summed E-state index contributed by atoms with van der Waals surface area (Å²) in [4.78, 5) is 24.0. The van der Waals surface area contributed by atoms with Gasteiger partial charge >= 0.3 is 6.09 Å². The summed E-state index contributed by atoms with van der Waals surface area (Å²) in [5.41, 5.74) is 10.6. The number of aromatic nitrogens is 4. The molecule has 2 aliphatic rings. The molecule has 0 aliphatic carbocycles. The van der Waals surface area contributed by atoms with Crippen LogP contribution in [0.3, 0.4) is 0 Å². The number of amides is 1. The Labute approximate surface area is 207 Å². The van der Waals surface area contributed by atoms with Gasteiger partial charge in [0.25, 0.3) is 0 Å². The number of carbonyl (C=O) groups excluding carboxylic acids is 1. The van der Waals surface area contributed by atoms with E-state index < -0.39 is 5.60 Å². The minimum atomic E-state index is -0.552. The van der Waals surface area contributed by atoms with Crippen LogP contribution in [0.2, 0.25) is 0 Å². The molecule has 3 aromatic rings. The van der Waals surface area contributed by atoms with Crippen molar-refractivity contribution in [3.8, 4) is 0 Å². The van der Waals surface area contributed by atoms with E-state index in [1.54, 1.807) is 17.4 Å². The molecule has 1 atom stereocenters. The van der Waals surface area contributed by atoms with Gasteiger partial charge in [0.15, 0.2) is 17.7 Å². The molecule has 2 aliphatic heterocycles. The summed E-state index contributed by atoms with van der Waals surface area (Å²) in [7, 11) is 0. The second kappa shape index (κ2) is 8.97. The molecule has 11 heteroatoms. The first-order valence-electron chi connectivity index (χ1n) is 11.5. The van der Waals surface area contributed by atoms with Crippen molar-refractivity contribution in [1.82, 2.24) is 23.6 Å². The SMILES string of the molecule is Cc1cc(Nc2nc(C3=CCCN(C(=O)OC(C)(C)C)C3)cn3c(C4=COC(N)C4)cnc23)sn1. The number of carbonyl (C=O) groups is 1. The maximum Gasteiger partial charge on any atom is 0.410 e. The van der Waals surface area contributed by atoms with Crippen molar-refractivity contribution in [2.24, 2.45) is 5.73 Å². The van der Waals surface area contributed by atoms with E-state index in [-0.39, 0.29) is 12.3 Å². The average Bonchev–Trinajstić information content (AvgIpc) is 3.52. The van der Waals surface area contributed by atoms with Gasteiger partial charge in [-0.05, 0) is 57.3 Å². The second-order valence-corrected chi connectivity index (χ2v) is 10.5. The first-order chi connectivity index (χ1) is 16.7. The van der Waals surface area contributed by atoms with Gasteiger partial charge < -0.3 is 19.7 Å². The Kier molecular flexibility index (Phi) is 5.97. The highest BCUT2D eigenvalue weighted by molar-refractivity contribution is 7.10. The normalized spacial score (nSPS) is 18.3. The molecule has 1 unspecified atom stereocenters. The molecule has 0 saturated carbocycles. The van der Waals surface area contributed by atoms with Crippen LogP contribution in [0.25, 0.3) is 16.8 Å². The zero-order chi connectivity index (χ0) is 24.7. The van der Waals surface area contributed by atoms with Gasteiger partial charge in [-0.3, -0.25) is 10.1 Å².